The van der Waals surface area contributed by atoms with Gasteiger partial charge in [0.05, 0.1) is 6.10 Å². The van der Waals surface area contributed by atoms with Gasteiger partial charge >= 0.3 is 0 Å². The van der Waals surface area contributed by atoms with Crippen LogP contribution in [0.25, 0.3) is 0 Å². The van der Waals surface area contributed by atoms with Crippen molar-refractivity contribution in [2.75, 3.05) is 30.3 Å². The first-order chi connectivity index (χ1) is 9.31. The zero-order valence-electron chi connectivity index (χ0n) is 11.9. The quantitative estimate of drug-likeness (QED) is 0.826. The average molecular weight is 264 g/mol. The van der Waals surface area contributed by atoms with Gasteiger partial charge in [0.2, 0.25) is 0 Å². The maximum absolute atomic E-state index is 5.71. The van der Waals surface area contributed by atoms with E-state index in [-0.39, 0.29) is 0 Å². The Morgan fingerprint density at radius 3 is 2.63 bits per heavy atom. The molecule has 0 saturated carbocycles. The Morgan fingerprint density at radius 2 is 2.00 bits per heavy atom. The van der Waals surface area contributed by atoms with Crippen molar-refractivity contribution in [3.8, 4) is 0 Å². The van der Waals surface area contributed by atoms with E-state index in [0.29, 0.717) is 6.10 Å². The van der Waals surface area contributed by atoms with Gasteiger partial charge in [-0.05, 0) is 26.2 Å². The zero-order chi connectivity index (χ0) is 13.5. The largest absolute Gasteiger partial charge is 0.376 e. The van der Waals surface area contributed by atoms with Crippen molar-refractivity contribution in [3.05, 3.63) is 11.9 Å². The molecule has 0 aliphatic carbocycles. The Hall–Kier alpha value is -1.36. The first-order valence-electron chi connectivity index (χ1n) is 7.29. The normalized spacial score (nSPS) is 19.2. The van der Waals surface area contributed by atoms with Gasteiger partial charge < -0.3 is 15.4 Å². The number of aryl methyl sites for hydroxylation is 1. The van der Waals surface area contributed by atoms with Gasteiger partial charge in [-0.25, -0.2) is 9.97 Å². The second-order valence-electron chi connectivity index (χ2n) is 4.81. The van der Waals surface area contributed by atoms with Crippen LogP contribution in [0.5, 0.6) is 0 Å². The van der Waals surface area contributed by atoms with Gasteiger partial charge in [-0.3, -0.25) is 0 Å². The number of ether oxygens (including phenoxy) is 1. The smallest absolute Gasteiger partial charge is 0.132 e. The summed E-state index contributed by atoms with van der Waals surface area (Å²) in [5.74, 6) is 2.64. The molecule has 2 N–H and O–H groups in total. The summed E-state index contributed by atoms with van der Waals surface area (Å²) in [5.41, 5.74) is 0. The molecule has 1 aliphatic rings. The standard InChI is InChI=1S/C14H24N4O/c1-3-12-17-13(15-4-2)9-14(18-12)16-10-11-7-5-6-8-19-11/h9,11H,3-8,10H2,1-2H3,(H2,15,16,17,18). The summed E-state index contributed by atoms with van der Waals surface area (Å²) in [6.07, 6.45) is 4.75. The molecule has 0 spiro atoms. The third-order valence-corrected chi connectivity index (χ3v) is 3.23. The summed E-state index contributed by atoms with van der Waals surface area (Å²) >= 11 is 0. The van der Waals surface area contributed by atoms with Gasteiger partial charge in [0.15, 0.2) is 0 Å². The van der Waals surface area contributed by atoms with E-state index in [1.54, 1.807) is 0 Å². The van der Waals surface area contributed by atoms with Crippen LogP contribution in [-0.2, 0) is 11.2 Å². The molecule has 5 nitrogen and oxygen atoms in total. The van der Waals surface area contributed by atoms with E-state index in [0.717, 1.165) is 50.0 Å². The van der Waals surface area contributed by atoms with Gasteiger partial charge in [0.25, 0.3) is 0 Å². The third-order valence-electron chi connectivity index (χ3n) is 3.23. The predicted molar refractivity (Wildman–Crippen MR) is 77.7 cm³/mol. The minimum absolute atomic E-state index is 0.316. The van der Waals surface area contributed by atoms with E-state index in [4.69, 9.17) is 4.74 Å². The van der Waals surface area contributed by atoms with Crippen LogP contribution in [0.15, 0.2) is 6.07 Å². The highest BCUT2D eigenvalue weighted by Crippen LogP contribution is 2.15. The summed E-state index contributed by atoms with van der Waals surface area (Å²) in [6, 6.07) is 1.96. The van der Waals surface area contributed by atoms with Gasteiger partial charge in [-0.1, -0.05) is 6.92 Å². The van der Waals surface area contributed by atoms with Crippen molar-refractivity contribution in [1.82, 2.24) is 9.97 Å². The van der Waals surface area contributed by atoms with E-state index in [2.05, 4.69) is 34.4 Å². The van der Waals surface area contributed by atoms with Crippen LogP contribution >= 0.6 is 0 Å². The van der Waals surface area contributed by atoms with Crippen molar-refractivity contribution in [2.24, 2.45) is 0 Å². The van der Waals surface area contributed by atoms with Crippen molar-refractivity contribution in [3.63, 3.8) is 0 Å². The lowest BCUT2D eigenvalue weighted by atomic mass is 10.1. The van der Waals surface area contributed by atoms with E-state index in [1.165, 1.54) is 12.8 Å². The van der Waals surface area contributed by atoms with Crippen LogP contribution in [-0.4, -0.2) is 35.8 Å². The highest BCUT2D eigenvalue weighted by molar-refractivity contribution is 5.47. The Kier molecular flexibility index (Phi) is 5.39. The Labute approximate surface area is 115 Å². The van der Waals surface area contributed by atoms with Crippen LogP contribution < -0.4 is 10.6 Å². The molecule has 2 rings (SSSR count). The lowest BCUT2D eigenvalue weighted by Crippen LogP contribution is -2.27. The van der Waals surface area contributed by atoms with E-state index in [9.17, 15) is 0 Å². The number of rotatable bonds is 6. The predicted octanol–water partition coefficient (Wildman–Crippen LogP) is 2.45. The van der Waals surface area contributed by atoms with E-state index in [1.807, 2.05) is 6.07 Å². The topological polar surface area (TPSA) is 59.1 Å². The van der Waals surface area contributed by atoms with Crippen molar-refractivity contribution in [1.29, 1.82) is 0 Å². The van der Waals surface area contributed by atoms with Crippen molar-refractivity contribution < 1.29 is 4.74 Å². The van der Waals surface area contributed by atoms with Crippen LogP contribution in [0, 0.1) is 0 Å². The number of hydrogen-bond donors (Lipinski definition) is 2. The first kappa shape index (κ1) is 14.1. The SMILES string of the molecule is CCNc1cc(NCC2CCCCO2)nc(CC)n1. The van der Waals surface area contributed by atoms with Gasteiger partial charge in [0.1, 0.15) is 17.5 Å². The fraction of sp³-hybridized carbons (Fsp3) is 0.714. The zero-order valence-corrected chi connectivity index (χ0v) is 11.9. The molecule has 0 radical (unpaired) electrons. The summed E-state index contributed by atoms with van der Waals surface area (Å²) in [6.45, 7) is 6.71. The molecule has 0 amide bonds. The third kappa shape index (κ3) is 4.35. The summed E-state index contributed by atoms with van der Waals surface area (Å²) < 4.78 is 5.71. The van der Waals surface area contributed by atoms with E-state index < -0.39 is 0 Å². The Morgan fingerprint density at radius 1 is 1.21 bits per heavy atom. The number of nitrogens with one attached hydrogen (secondary N) is 2. The molecule has 0 bridgehead atoms. The molecule has 1 atom stereocenters. The second kappa shape index (κ2) is 7.28. The second-order valence-corrected chi connectivity index (χ2v) is 4.81. The fourth-order valence-electron chi connectivity index (χ4n) is 2.20. The number of hydrogen-bond acceptors (Lipinski definition) is 5. The molecule has 1 fully saturated rings. The Bertz CT molecular complexity index is 391. The molecular formula is C14H24N4O. The molecule has 5 heteroatoms. The van der Waals surface area contributed by atoms with Gasteiger partial charge in [-0.15, -0.1) is 0 Å². The van der Waals surface area contributed by atoms with Crippen molar-refractivity contribution >= 4 is 11.6 Å². The minimum atomic E-state index is 0.316. The van der Waals surface area contributed by atoms with Crippen LogP contribution in [0.4, 0.5) is 11.6 Å². The molecule has 2 heterocycles. The molecular weight excluding hydrogens is 240 g/mol. The molecule has 0 aromatic carbocycles. The van der Waals surface area contributed by atoms with Gasteiger partial charge in [0, 0.05) is 32.2 Å². The number of nitrogens with zero attached hydrogens (tertiary/aromatic N) is 2. The molecule has 1 aliphatic heterocycles. The number of anilines is 2. The molecule has 1 aromatic rings. The lowest BCUT2D eigenvalue weighted by molar-refractivity contribution is 0.0247. The highest BCUT2D eigenvalue weighted by atomic mass is 16.5. The number of aromatic nitrogens is 2. The minimum Gasteiger partial charge on any atom is -0.376 e. The van der Waals surface area contributed by atoms with E-state index >= 15 is 0 Å². The first-order valence-corrected chi connectivity index (χ1v) is 7.29. The fourth-order valence-corrected chi connectivity index (χ4v) is 2.20. The van der Waals surface area contributed by atoms with Gasteiger partial charge in [-0.2, -0.15) is 0 Å². The summed E-state index contributed by atoms with van der Waals surface area (Å²) in [5, 5.41) is 6.61. The van der Waals surface area contributed by atoms with Crippen molar-refractivity contribution in [2.45, 2.75) is 45.6 Å². The Balaban J connectivity index is 1.95. The molecule has 1 unspecified atom stereocenters. The molecule has 1 saturated heterocycles. The average Bonchev–Trinajstić information content (AvgIpc) is 2.46. The molecule has 106 valence electrons. The molecule has 1 aromatic heterocycles. The highest BCUT2D eigenvalue weighted by Gasteiger charge is 2.13. The lowest BCUT2D eigenvalue weighted by Gasteiger charge is -2.23. The van der Waals surface area contributed by atoms with Crippen LogP contribution in [0.1, 0.15) is 38.9 Å². The van der Waals surface area contributed by atoms with Crippen LogP contribution in [0.2, 0.25) is 0 Å². The maximum Gasteiger partial charge on any atom is 0.132 e. The monoisotopic (exact) mass is 264 g/mol. The summed E-state index contributed by atoms with van der Waals surface area (Å²) in [4.78, 5) is 8.94. The summed E-state index contributed by atoms with van der Waals surface area (Å²) in [7, 11) is 0. The maximum atomic E-state index is 5.71. The molecule has 19 heavy (non-hydrogen) atoms. The van der Waals surface area contributed by atoms with Crippen LogP contribution in [0.3, 0.4) is 0 Å².